The molecule has 0 aromatic heterocycles. The zero-order chi connectivity index (χ0) is 20.9. The van der Waals surface area contributed by atoms with Crippen molar-refractivity contribution in [3.05, 3.63) is 0 Å². The van der Waals surface area contributed by atoms with Gasteiger partial charge in [0.1, 0.15) is 0 Å². The lowest BCUT2D eigenvalue weighted by molar-refractivity contribution is 0.189. The molecule has 0 heterocycles. The van der Waals surface area contributed by atoms with Gasteiger partial charge in [0.05, 0.1) is 0 Å². The van der Waals surface area contributed by atoms with Crippen molar-refractivity contribution in [3.63, 3.8) is 0 Å². The van der Waals surface area contributed by atoms with Crippen LogP contribution in [0.3, 0.4) is 0 Å². The fourth-order valence-corrected chi connectivity index (χ4v) is 4.47. The van der Waals surface area contributed by atoms with Crippen LogP contribution in [0.4, 0.5) is 0 Å². The highest BCUT2D eigenvalue weighted by atomic mass is 14.3. The average Bonchev–Trinajstić information content (AvgIpc) is 2.67. The van der Waals surface area contributed by atoms with E-state index in [0.717, 1.165) is 5.92 Å². The number of unbranched alkanes of at least 4 members (excludes halogenated alkanes) is 17. The molecule has 0 bridgehead atoms. The van der Waals surface area contributed by atoms with Gasteiger partial charge in [0.25, 0.3) is 0 Å². The number of hydrogen-bond acceptors (Lipinski definition) is 0. The van der Waals surface area contributed by atoms with Crippen LogP contribution >= 0.6 is 0 Å². The second-order valence-corrected chi connectivity index (χ2v) is 10.4. The largest absolute Gasteiger partial charge is 0.0654 e. The van der Waals surface area contributed by atoms with E-state index >= 15 is 0 Å². The molecular weight excluding hydrogens is 336 g/mol. The molecule has 0 aromatic rings. The first kappa shape index (κ1) is 28.0. The summed E-state index contributed by atoms with van der Waals surface area (Å²) in [4.78, 5) is 0. The Morgan fingerprint density at radius 3 is 1.18 bits per heavy atom. The fourth-order valence-electron chi connectivity index (χ4n) is 4.47. The van der Waals surface area contributed by atoms with E-state index in [2.05, 4.69) is 34.6 Å². The zero-order valence-corrected chi connectivity index (χ0v) is 20.9. The molecule has 1 atom stereocenters. The Morgan fingerprint density at radius 2 is 0.786 bits per heavy atom. The van der Waals surface area contributed by atoms with E-state index in [0.29, 0.717) is 5.41 Å². The van der Waals surface area contributed by atoms with Crippen molar-refractivity contribution in [2.75, 3.05) is 0 Å². The Hall–Kier alpha value is 0. The van der Waals surface area contributed by atoms with Gasteiger partial charge in [-0.15, -0.1) is 0 Å². The standard InChI is InChI=1S/C28H58/c1-6-8-10-12-13-14-15-16-17-18-19-20-21-23-25-27(3)28(4,5)26-24-22-11-9-7-2/h27H,6-26H2,1-5H3. The molecule has 28 heavy (non-hydrogen) atoms. The minimum Gasteiger partial charge on any atom is -0.0654 e. The van der Waals surface area contributed by atoms with Crippen LogP contribution in [0.2, 0.25) is 0 Å². The lowest BCUT2D eigenvalue weighted by atomic mass is 9.74. The molecule has 0 rings (SSSR count). The van der Waals surface area contributed by atoms with Gasteiger partial charge in [0.2, 0.25) is 0 Å². The topological polar surface area (TPSA) is 0 Å². The maximum atomic E-state index is 2.52. The summed E-state index contributed by atoms with van der Waals surface area (Å²) in [5.41, 5.74) is 0.544. The van der Waals surface area contributed by atoms with Gasteiger partial charge in [0.15, 0.2) is 0 Å². The fraction of sp³-hybridized carbons (Fsp3) is 1.00. The SMILES string of the molecule is CCCCCCCCCCCCCCCCC(C)C(C)(C)CCCCCCC. The minimum absolute atomic E-state index is 0.544. The van der Waals surface area contributed by atoms with Crippen molar-refractivity contribution >= 4 is 0 Å². The predicted octanol–water partition coefficient (Wildman–Crippen LogP) is 10.9. The third-order valence-corrected chi connectivity index (χ3v) is 7.25. The summed E-state index contributed by atoms with van der Waals surface area (Å²) in [6.45, 7) is 12.2. The van der Waals surface area contributed by atoms with Crippen molar-refractivity contribution < 1.29 is 0 Å². The van der Waals surface area contributed by atoms with E-state index in [1.165, 1.54) is 135 Å². The van der Waals surface area contributed by atoms with Crippen LogP contribution < -0.4 is 0 Å². The summed E-state index contributed by atoms with van der Waals surface area (Å²) in [7, 11) is 0. The minimum atomic E-state index is 0.544. The Labute approximate surface area is 181 Å². The Bertz CT molecular complexity index is 290. The first-order valence-corrected chi connectivity index (χ1v) is 13.5. The summed E-state index contributed by atoms with van der Waals surface area (Å²) < 4.78 is 0. The van der Waals surface area contributed by atoms with Gasteiger partial charge in [0, 0.05) is 0 Å². The van der Waals surface area contributed by atoms with Crippen LogP contribution in [0, 0.1) is 11.3 Å². The molecule has 0 nitrogen and oxygen atoms in total. The average molecular weight is 395 g/mol. The molecule has 0 aromatic carbocycles. The summed E-state index contributed by atoms with van der Waals surface area (Å²) in [6.07, 6.45) is 30.5. The van der Waals surface area contributed by atoms with E-state index in [1.54, 1.807) is 0 Å². The third-order valence-electron chi connectivity index (χ3n) is 7.25. The Balaban J connectivity index is 3.40. The molecule has 0 spiro atoms. The van der Waals surface area contributed by atoms with Crippen LogP contribution in [0.1, 0.15) is 169 Å². The predicted molar refractivity (Wildman–Crippen MR) is 131 cm³/mol. The summed E-state index contributed by atoms with van der Waals surface area (Å²) >= 11 is 0. The molecule has 0 saturated heterocycles. The van der Waals surface area contributed by atoms with Gasteiger partial charge in [-0.05, 0) is 17.8 Å². The molecule has 0 aliphatic rings. The van der Waals surface area contributed by atoms with Crippen molar-refractivity contribution in [2.45, 2.75) is 169 Å². The van der Waals surface area contributed by atoms with E-state index in [4.69, 9.17) is 0 Å². The van der Waals surface area contributed by atoms with Crippen molar-refractivity contribution in [1.29, 1.82) is 0 Å². The summed E-state index contributed by atoms with van der Waals surface area (Å²) in [5.74, 6) is 0.885. The quantitative estimate of drug-likeness (QED) is 0.160. The van der Waals surface area contributed by atoms with Gasteiger partial charge in [-0.25, -0.2) is 0 Å². The lowest BCUT2D eigenvalue weighted by Crippen LogP contribution is -2.21. The molecule has 0 heteroatoms. The maximum Gasteiger partial charge on any atom is -0.0329 e. The van der Waals surface area contributed by atoms with Crippen LogP contribution in [-0.2, 0) is 0 Å². The van der Waals surface area contributed by atoms with Crippen molar-refractivity contribution in [3.8, 4) is 0 Å². The molecule has 0 aliphatic carbocycles. The second kappa shape index (κ2) is 20.3. The van der Waals surface area contributed by atoms with Gasteiger partial charge in [-0.1, -0.05) is 163 Å². The van der Waals surface area contributed by atoms with Gasteiger partial charge in [-0.2, -0.15) is 0 Å². The molecule has 0 N–H and O–H groups in total. The smallest absolute Gasteiger partial charge is 0.0329 e. The number of hydrogen-bond donors (Lipinski definition) is 0. The van der Waals surface area contributed by atoms with Gasteiger partial charge in [-0.3, -0.25) is 0 Å². The highest BCUT2D eigenvalue weighted by Crippen LogP contribution is 2.36. The van der Waals surface area contributed by atoms with Crippen LogP contribution in [0.5, 0.6) is 0 Å². The highest BCUT2D eigenvalue weighted by molar-refractivity contribution is 4.75. The number of rotatable bonds is 22. The zero-order valence-electron chi connectivity index (χ0n) is 20.9. The van der Waals surface area contributed by atoms with Crippen LogP contribution in [0.25, 0.3) is 0 Å². The Kier molecular flexibility index (Phi) is 20.3. The molecule has 0 fully saturated rings. The normalized spacial score (nSPS) is 13.2. The summed E-state index contributed by atoms with van der Waals surface area (Å²) in [6, 6.07) is 0. The van der Waals surface area contributed by atoms with Crippen molar-refractivity contribution in [2.24, 2.45) is 11.3 Å². The van der Waals surface area contributed by atoms with Crippen LogP contribution in [-0.4, -0.2) is 0 Å². The van der Waals surface area contributed by atoms with Crippen molar-refractivity contribution in [1.82, 2.24) is 0 Å². The molecule has 170 valence electrons. The highest BCUT2D eigenvalue weighted by Gasteiger charge is 2.24. The third kappa shape index (κ3) is 18.1. The maximum absolute atomic E-state index is 2.52. The van der Waals surface area contributed by atoms with Gasteiger partial charge < -0.3 is 0 Å². The lowest BCUT2D eigenvalue weighted by Gasteiger charge is -2.32. The molecule has 0 saturated carbocycles. The molecule has 0 radical (unpaired) electrons. The van der Waals surface area contributed by atoms with E-state index in [9.17, 15) is 0 Å². The second-order valence-electron chi connectivity index (χ2n) is 10.4. The molecule has 1 unspecified atom stereocenters. The van der Waals surface area contributed by atoms with Crippen LogP contribution in [0.15, 0.2) is 0 Å². The monoisotopic (exact) mass is 394 g/mol. The molecule has 0 aliphatic heterocycles. The van der Waals surface area contributed by atoms with E-state index in [-0.39, 0.29) is 0 Å². The molecule has 0 amide bonds. The van der Waals surface area contributed by atoms with Gasteiger partial charge >= 0.3 is 0 Å². The Morgan fingerprint density at radius 1 is 0.464 bits per heavy atom. The van der Waals surface area contributed by atoms with E-state index < -0.39 is 0 Å². The first-order chi connectivity index (χ1) is 13.5. The molecular formula is C28H58. The van der Waals surface area contributed by atoms with E-state index in [1.807, 2.05) is 0 Å². The summed E-state index contributed by atoms with van der Waals surface area (Å²) in [5, 5.41) is 0. The first-order valence-electron chi connectivity index (χ1n) is 13.5.